The molecular formula is C18H12ClF2N3O2. The molecule has 0 aliphatic rings. The van der Waals surface area contributed by atoms with Gasteiger partial charge in [-0.2, -0.15) is 0 Å². The molecule has 2 aromatic carbocycles. The summed E-state index contributed by atoms with van der Waals surface area (Å²) < 4.78 is 32.4. The van der Waals surface area contributed by atoms with Crippen molar-refractivity contribution in [2.45, 2.75) is 6.42 Å². The molecule has 26 heavy (non-hydrogen) atoms. The van der Waals surface area contributed by atoms with E-state index in [-0.39, 0.29) is 34.5 Å². The second kappa shape index (κ2) is 7.88. The van der Waals surface area contributed by atoms with Gasteiger partial charge in [-0.25, -0.2) is 18.7 Å². The number of hydrogen-bond donors (Lipinski definition) is 1. The Morgan fingerprint density at radius 3 is 2.42 bits per heavy atom. The summed E-state index contributed by atoms with van der Waals surface area (Å²) in [5.41, 5.74) is 0.385. The maximum Gasteiger partial charge on any atom is 0.322 e. The van der Waals surface area contributed by atoms with E-state index in [2.05, 4.69) is 15.3 Å². The van der Waals surface area contributed by atoms with Crippen LogP contribution in [0.25, 0.3) is 0 Å². The Bertz CT molecular complexity index is 916. The molecule has 1 N–H and O–H groups in total. The first-order valence-corrected chi connectivity index (χ1v) is 7.88. The van der Waals surface area contributed by atoms with Crippen molar-refractivity contribution in [2.24, 2.45) is 0 Å². The van der Waals surface area contributed by atoms with E-state index in [0.717, 1.165) is 0 Å². The van der Waals surface area contributed by atoms with Crippen LogP contribution in [0.15, 0.2) is 54.9 Å². The number of ether oxygens (including phenoxy) is 1. The molecule has 0 bridgehead atoms. The van der Waals surface area contributed by atoms with Gasteiger partial charge in [0.2, 0.25) is 5.91 Å². The fourth-order valence-corrected chi connectivity index (χ4v) is 2.36. The molecule has 0 fully saturated rings. The second-order valence-electron chi connectivity index (χ2n) is 5.21. The van der Waals surface area contributed by atoms with Crippen molar-refractivity contribution >= 4 is 23.2 Å². The molecule has 8 heteroatoms. The highest BCUT2D eigenvalue weighted by molar-refractivity contribution is 6.31. The average Bonchev–Trinajstić information content (AvgIpc) is 2.62. The Morgan fingerprint density at radius 2 is 1.73 bits per heavy atom. The Labute approximate surface area is 152 Å². The van der Waals surface area contributed by atoms with Crippen LogP contribution in [0.3, 0.4) is 0 Å². The lowest BCUT2D eigenvalue weighted by Gasteiger charge is -2.08. The zero-order chi connectivity index (χ0) is 18.5. The fourth-order valence-electron chi connectivity index (χ4n) is 2.13. The first-order valence-electron chi connectivity index (χ1n) is 7.50. The van der Waals surface area contributed by atoms with E-state index < -0.39 is 17.5 Å². The normalized spacial score (nSPS) is 10.4. The fraction of sp³-hybridized carbons (Fsp3) is 0.0556. The largest absolute Gasteiger partial charge is 0.421 e. The molecule has 132 valence electrons. The number of hydrogen-bond acceptors (Lipinski definition) is 4. The van der Waals surface area contributed by atoms with E-state index in [1.165, 1.54) is 48.8 Å². The summed E-state index contributed by atoms with van der Waals surface area (Å²) in [5.74, 6) is -1.60. The van der Waals surface area contributed by atoms with Crippen LogP contribution in [0.2, 0.25) is 5.02 Å². The third-order valence-corrected chi connectivity index (χ3v) is 3.70. The van der Waals surface area contributed by atoms with Gasteiger partial charge in [0.15, 0.2) is 11.6 Å². The number of nitrogens with one attached hydrogen (secondary N) is 1. The van der Waals surface area contributed by atoms with Crippen molar-refractivity contribution in [1.29, 1.82) is 0 Å². The van der Waals surface area contributed by atoms with Gasteiger partial charge in [-0.05, 0) is 24.3 Å². The summed E-state index contributed by atoms with van der Waals surface area (Å²) in [6, 6.07) is 9.94. The minimum Gasteiger partial charge on any atom is -0.421 e. The first kappa shape index (κ1) is 17.8. The first-order chi connectivity index (χ1) is 12.5. The van der Waals surface area contributed by atoms with Gasteiger partial charge in [-0.15, -0.1) is 0 Å². The number of nitrogens with zero attached hydrogens (tertiary/aromatic N) is 2. The molecular weight excluding hydrogens is 364 g/mol. The average molecular weight is 376 g/mol. The van der Waals surface area contributed by atoms with Crippen LogP contribution in [-0.4, -0.2) is 15.9 Å². The Hall–Kier alpha value is -3.06. The summed E-state index contributed by atoms with van der Waals surface area (Å²) >= 11 is 5.90. The number of halogens is 3. The van der Waals surface area contributed by atoms with Crippen LogP contribution >= 0.6 is 11.6 Å². The van der Waals surface area contributed by atoms with Gasteiger partial charge in [0.05, 0.1) is 24.5 Å². The third kappa shape index (κ3) is 4.31. The molecule has 1 heterocycles. The Morgan fingerprint density at radius 1 is 1.04 bits per heavy atom. The lowest BCUT2D eigenvalue weighted by Crippen LogP contribution is -2.16. The quantitative estimate of drug-likeness (QED) is 0.718. The predicted molar refractivity (Wildman–Crippen MR) is 92.2 cm³/mol. The molecule has 0 radical (unpaired) electrons. The summed E-state index contributed by atoms with van der Waals surface area (Å²) in [6.07, 6.45) is 2.35. The minimum atomic E-state index is -0.558. The van der Waals surface area contributed by atoms with E-state index >= 15 is 0 Å². The number of para-hydroxylation sites is 1. The van der Waals surface area contributed by atoms with Gasteiger partial charge in [-0.3, -0.25) is 4.79 Å². The van der Waals surface area contributed by atoms with E-state index in [1.807, 2.05) is 0 Å². The van der Waals surface area contributed by atoms with E-state index in [9.17, 15) is 13.6 Å². The second-order valence-corrected chi connectivity index (χ2v) is 5.62. The number of rotatable bonds is 5. The summed E-state index contributed by atoms with van der Waals surface area (Å²) in [6.45, 7) is 0. The van der Waals surface area contributed by atoms with E-state index in [0.29, 0.717) is 0 Å². The van der Waals surface area contributed by atoms with Crippen molar-refractivity contribution < 1.29 is 18.3 Å². The summed E-state index contributed by atoms with van der Waals surface area (Å²) in [7, 11) is 0. The molecule has 1 aromatic heterocycles. The molecule has 0 spiro atoms. The lowest BCUT2D eigenvalue weighted by molar-refractivity contribution is -0.115. The maximum atomic E-state index is 13.7. The van der Waals surface area contributed by atoms with Gasteiger partial charge in [0.1, 0.15) is 5.82 Å². The molecule has 0 saturated carbocycles. The minimum absolute atomic E-state index is 0.0153. The van der Waals surface area contributed by atoms with Crippen molar-refractivity contribution in [2.75, 3.05) is 5.32 Å². The molecule has 0 aliphatic carbocycles. The Balaban J connectivity index is 1.64. The van der Waals surface area contributed by atoms with Crippen LogP contribution in [0.1, 0.15) is 5.56 Å². The van der Waals surface area contributed by atoms with E-state index in [4.69, 9.17) is 16.3 Å². The third-order valence-electron chi connectivity index (χ3n) is 3.35. The van der Waals surface area contributed by atoms with Gasteiger partial charge in [0.25, 0.3) is 0 Å². The van der Waals surface area contributed by atoms with Crippen molar-refractivity contribution in [3.8, 4) is 11.8 Å². The van der Waals surface area contributed by atoms with Gasteiger partial charge >= 0.3 is 6.01 Å². The summed E-state index contributed by atoms with van der Waals surface area (Å²) in [4.78, 5) is 19.8. The zero-order valence-corrected chi connectivity index (χ0v) is 14.0. The van der Waals surface area contributed by atoms with Crippen molar-refractivity contribution in [3.63, 3.8) is 0 Å². The number of aromatic nitrogens is 2. The van der Waals surface area contributed by atoms with Crippen LogP contribution in [0.5, 0.6) is 11.8 Å². The number of anilines is 1. The van der Waals surface area contributed by atoms with Crippen LogP contribution < -0.4 is 10.1 Å². The number of carbonyl (C=O) groups is 1. The molecule has 0 unspecified atom stereocenters. The molecule has 3 rings (SSSR count). The molecule has 0 atom stereocenters. The molecule has 0 aliphatic heterocycles. The Kier molecular flexibility index (Phi) is 5.38. The standard InChI is InChI=1S/C18H12ClF2N3O2/c19-13-4-3-6-14(20)12(13)8-17(25)24-11-9-22-18(23-10-11)26-16-7-2-1-5-15(16)21/h1-7,9-10H,8H2,(H,24,25). The van der Waals surface area contributed by atoms with Crippen LogP contribution in [0.4, 0.5) is 14.5 Å². The molecule has 5 nitrogen and oxygen atoms in total. The predicted octanol–water partition coefficient (Wildman–Crippen LogP) is 4.38. The van der Waals surface area contributed by atoms with Gasteiger partial charge in [-0.1, -0.05) is 29.8 Å². The number of carbonyl (C=O) groups excluding carboxylic acids is 1. The highest BCUT2D eigenvalue weighted by atomic mass is 35.5. The molecule has 0 saturated heterocycles. The van der Waals surface area contributed by atoms with Gasteiger partial charge < -0.3 is 10.1 Å². The monoisotopic (exact) mass is 375 g/mol. The lowest BCUT2D eigenvalue weighted by atomic mass is 10.1. The highest BCUT2D eigenvalue weighted by Gasteiger charge is 2.13. The smallest absolute Gasteiger partial charge is 0.322 e. The maximum absolute atomic E-state index is 13.7. The highest BCUT2D eigenvalue weighted by Crippen LogP contribution is 2.22. The number of benzene rings is 2. The van der Waals surface area contributed by atoms with Gasteiger partial charge in [0, 0.05) is 10.6 Å². The molecule has 3 aromatic rings. The van der Waals surface area contributed by atoms with Crippen LogP contribution in [0, 0.1) is 11.6 Å². The van der Waals surface area contributed by atoms with E-state index in [1.54, 1.807) is 6.07 Å². The van der Waals surface area contributed by atoms with Crippen molar-refractivity contribution in [1.82, 2.24) is 9.97 Å². The van der Waals surface area contributed by atoms with Crippen LogP contribution in [-0.2, 0) is 11.2 Å². The topological polar surface area (TPSA) is 64.1 Å². The van der Waals surface area contributed by atoms with Crippen molar-refractivity contribution in [3.05, 3.63) is 77.1 Å². The summed E-state index contributed by atoms with van der Waals surface area (Å²) in [5, 5.41) is 2.70. The SMILES string of the molecule is O=C(Cc1c(F)cccc1Cl)Nc1cnc(Oc2ccccc2F)nc1. The zero-order valence-electron chi connectivity index (χ0n) is 13.2. The number of amides is 1. The molecule has 1 amide bonds.